The first-order valence-corrected chi connectivity index (χ1v) is 6.92. The average Bonchev–Trinajstić information content (AvgIpc) is 2.78. The van der Waals surface area contributed by atoms with Crippen LogP contribution in [0.2, 0.25) is 5.02 Å². The van der Waals surface area contributed by atoms with Crippen LogP contribution in [0.5, 0.6) is 0 Å². The Morgan fingerprint density at radius 1 is 1.33 bits per heavy atom. The predicted octanol–water partition coefficient (Wildman–Crippen LogP) is 3.05. The molecule has 2 nitrogen and oxygen atoms in total. The molecule has 1 unspecified atom stereocenters. The zero-order valence-electron chi connectivity index (χ0n) is 10.8. The van der Waals surface area contributed by atoms with Gasteiger partial charge in [0, 0.05) is 24.2 Å². The number of likely N-dealkylation sites (tertiary alicyclic amines) is 1. The van der Waals surface area contributed by atoms with Gasteiger partial charge in [0.05, 0.1) is 0 Å². The van der Waals surface area contributed by atoms with Gasteiger partial charge in [-0.1, -0.05) is 11.6 Å². The molecule has 18 heavy (non-hydrogen) atoms. The first kappa shape index (κ1) is 13.8. The number of nitrogens with one attached hydrogen (secondary N) is 1. The summed E-state index contributed by atoms with van der Waals surface area (Å²) in [7, 11) is 0. The lowest BCUT2D eigenvalue weighted by Crippen LogP contribution is -2.37. The number of nitrogens with zero attached hydrogens (tertiary/aromatic N) is 1. The third kappa shape index (κ3) is 4.23. The molecule has 1 saturated heterocycles. The monoisotopic (exact) mass is 270 g/mol. The van der Waals surface area contributed by atoms with E-state index < -0.39 is 0 Å². The molecule has 1 N–H and O–H groups in total. The Bertz CT molecular complexity index is 371. The Hall–Kier alpha value is -0.640. The number of halogens is 2. The third-order valence-electron chi connectivity index (χ3n) is 3.31. The Morgan fingerprint density at radius 2 is 2.06 bits per heavy atom. The van der Waals surface area contributed by atoms with Crippen LogP contribution in [0.3, 0.4) is 0 Å². The van der Waals surface area contributed by atoms with Crippen molar-refractivity contribution in [2.24, 2.45) is 0 Å². The van der Waals surface area contributed by atoms with E-state index >= 15 is 0 Å². The van der Waals surface area contributed by atoms with Crippen LogP contribution in [0.4, 0.5) is 4.39 Å². The van der Waals surface area contributed by atoms with Gasteiger partial charge >= 0.3 is 0 Å². The van der Waals surface area contributed by atoms with Crippen molar-refractivity contribution in [2.45, 2.75) is 32.4 Å². The summed E-state index contributed by atoms with van der Waals surface area (Å²) in [6.07, 6.45) is 2.62. The smallest absolute Gasteiger partial charge is 0.125 e. The van der Waals surface area contributed by atoms with Crippen LogP contribution in [0, 0.1) is 5.82 Å². The maximum Gasteiger partial charge on any atom is 0.125 e. The standard InChI is InChI=1S/C14H20ClFN2/c1-11(10-18-4-2-3-5-18)17-9-12-6-13(15)8-14(16)7-12/h6-8,11,17H,2-5,9-10H2,1H3. The number of hydrogen-bond donors (Lipinski definition) is 1. The molecular formula is C14H20ClFN2. The van der Waals surface area contributed by atoms with Crippen molar-refractivity contribution in [3.05, 3.63) is 34.6 Å². The molecule has 1 fully saturated rings. The van der Waals surface area contributed by atoms with Crippen LogP contribution in [-0.2, 0) is 6.54 Å². The number of rotatable bonds is 5. The Balaban J connectivity index is 1.79. The van der Waals surface area contributed by atoms with Gasteiger partial charge in [-0.3, -0.25) is 0 Å². The molecule has 1 aliphatic rings. The van der Waals surface area contributed by atoms with Gasteiger partial charge in [0.1, 0.15) is 5.82 Å². The fourth-order valence-corrected chi connectivity index (χ4v) is 2.67. The molecule has 0 saturated carbocycles. The molecule has 1 aromatic carbocycles. The van der Waals surface area contributed by atoms with E-state index in [1.807, 2.05) is 0 Å². The predicted molar refractivity (Wildman–Crippen MR) is 73.4 cm³/mol. The van der Waals surface area contributed by atoms with Crippen LogP contribution in [0.25, 0.3) is 0 Å². The Kier molecular flexibility index (Phi) is 4.98. The van der Waals surface area contributed by atoms with Gasteiger partial charge in [-0.2, -0.15) is 0 Å². The van der Waals surface area contributed by atoms with Gasteiger partial charge in [-0.25, -0.2) is 4.39 Å². The molecule has 4 heteroatoms. The SMILES string of the molecule is CC(CN1CCCC1)NCc1cc(F)cc(Cl)c1. The van der Waals surface area contributed by atoms with Gasteiger partial charge in [0.25, 0.3) is 0 Å². The lowest BCUT2D eigenvalue weighted by atomic mass is 10.2. The van der Waals surface area contributed by atoms with Crippen molar-refractivity contribution in [3.63, 3.8) is 0 Å². The highest BCUT2D eigenvalue weighted by molar-refractivity contribution is 6.30. The first-order chi connectivity index (χ1) is 8.63. The maximum absolute atomic E-state index is 13.2. The van der Waals surface area contributed by atoms with E-state index in [0.29, 0.717) is 17.6 Å². The molecule has 100 valence electrons. The quantitative estimate of drug-likeness (QED) is 0.885. The summed E-state index contributed by atoms with van der Waals surface area (Å²) in [6, 6.07) is 5.07. The molecule has 0 spiro atoms. The van der Waals surface area contributed by atoms with Gasteiger partial charge < -0.3 is 10.2 Å². The zero-order valence-corrected chi connectivity index (χ0v) is 11.5. The Labute approximate surface area is 113 Å². The van der Waals surface area contributed by atoms with E-state index in [1.54, 1.807) is 6.07 Å². The van der Waals surface area contributed by atoms with Crippen molar-refractivity contribution in [2.75, 3.05) is 19.6 Å². The van der Waals surface area contributed by atoms with Crippen LogP contribution < -0.4 is 5.32 Å². The fourth-order valence-electron chi connectivity index (χ4n) is 2.42. The second kappa shape index (κ2) is 6.50. The highest BCUT2D eigenvalue weighted by Crippen LogP contribution is 2.14. The van der Waals surface area contributed by atoms with E-state index in [1.165, 1.54) is 38.1 Å². The molecule has 0 aliphatic carbocycles. The molecule has 1 aromatic rings. The minimum atomic E-state index is -0.272. The van der Waals surface area contributed by atoms with Crippen LogP contribution in [0.1, 0.15) is 25.3 Å². The lowest BCUT2D eigenvalue weighted by molar-refractivity contribution is 0.298. The fraction of sp³-hybridized carbons (Fsp3) is 0.571. The van der Waals surface area contributed by atoms with Crippen LogP contribution >= 0.6 is 11.6 Å². The molecule has 0 aromatic heterocycles. The Morgan fingerprint density at radius 3 is 2.72 bits per heavy atom. The molecule has 1 heterocycles. The molecule has 0 bridgehead atoms. The van der Waals surface area contributed by atoms with E-state index in [9.17, 15) is 4.39 Å². The summed E-state index contributed by atoms with van der Waals surface area (Å²) >= 11 is 5.83. The van der Waals surface area contributed by atoms with Gasteiger partial charge in [-0.15, -0.1) is 0 Å². The summed E-state index contributed by atoms with van der Waals surface area (Å²) in [5.41, 5.74) is 0.897. The van der Waals surface area contributed by atoms with Crippen molar-refractivity contribution in [1.82, 2.24) is 10.2 Å². The molecular weight excluding hydrogens is 251 g/mol. The second-order valence-corrected chi connectivity index (χ2v) is 5.50. The van der Waals surface area contributed by atoms with E-state index in [-0.39, 0.29) is 5.82 Å². The summed E-state index contributed by atoms with van der Waals surface area (Å²) in [4.78, 5) is 2.47. The minimum absolute atomic E-state index is 0.272. The van der Waals surface area contributed by atoms with Crippen molar-refractivity contribution in [3.8, 4) is 0 Å². The van der Waals surface area contributed by atoms with E-state index in [0.717, 1.165) is 12.1 Å². The van der Waals surface area contributed by atoms with E-state index in [4.69, 9.17) is 11.6 Å². The van der Waals surface area contributed by atoms with E-state index in [2.05, 4.69) is 17.1 Å². The van der Waals surface area contributed by atoms with Gasteiger partial charge in [0.15, 0.2) is 0 Å². The molecule has 2 rings (SSSR count). The van der Waals surface area contributed by atoms with Crippen LogP contribution in [-0.4, -0.2) is 30.6 Å². The normalized spacial score (nSPS) is 18.2. The summed E-state index contributed by atoms with van der Waals surface area (Å²) in [5, 5.41) is 3.87. The zero-order chi connectivity index (χ0) is 13.0. The highest BCUT2D eigenvalue weighted by atomic mass is 35.5. The number of benzene rings is 1. The van der Waals surface area contributed by atoms with Crippen molar-refractivity contribution >= 4 is 11.6 Å². The van der Waals surface area contributed by atoms with Gasteiger partial charge in [-0.05, 0) is 56.6 Å². The molecule has 0 radical (unpaired) electrons. The number of hydrogen-bond acceptors (Lipinski definition) is 2. The summed E-state index contributed by atoms with van der Waals surface area (Å²) in [6.45, 7) is 6.30. The molecule has 1 atom stereocenters. The largest absolute Gasteiger partial charge is 0.309 e. The highest BCUT2D eigenvalue weighted by Gasteiger charge is 2.14. The molecule has 0 amide bonds. The topological polar surface area (TPSA) is 15.3 Å². The van der Waals surface area contributed by atoms with Crippen molar-refractivity contribution < 1.29 is 4.39 Å². The third-order valence-corrected chi connectivity index (χ3v) is 3.53. The molecule has 1 aliphatic heterocycles. The second-order valence-electron chi connectivity index (χ2n) is 5.07. The first-order valence-electron chi connectivity index (χ1n) is 6.54. The lowest BCUT2D eigenvalue weighted by Gasteiger charge is -2.21. The minimum Gasteiger partial charge on any atom is -0.309 e. The summed E-state index contributed by atoms with van der Waals surface area (Å²) in [5.74, 6) is -0.272. The van der Waals surface area contributed by atoms with Crippen molar-refractivity contribution in [1.29, 1.82) is 0 Å². The maximum atomic E-state index is 13.2. The van der Waals surface area contributed by atoms with Crippen LogP contribution in [0.15, 0.2) is 18.2 Å². The average molecular weight is 271 g/mol. The summed E-state index contributed by atoms with van der Waals surface area (Å²) < 4.78 is 13.2. The van der Waals surface area contributed by atoms with Gasteiger partial charge in [0.2, 0.25) is 0 Å².